The predicted octanol–water partition coefficient (Wildman–Crippen LogP) is 1.35. The van der Waals surface area contributed by atoms with Crippen molar-refractivity contribution in [3.05, 3.63) is 18.2 Å². The van der Waals surface area contributed by atoms with Crippen LogP contribution in [0.2, 0.25) is 0 Å². The number of carbonyl (C=O) groups excluding carboxylic acids is 2. The molecule has 1 heterocycles. The van der Waals surface area contributed by atoms with E-state index in [1.807, 2.05) is 0 Å². The zero-order chi connectivity index (χ0) is 20.1. The monoisotopic (exact) mass is 381 g/mol. The molecule has 1 aromatic rings. The summed E-state index contributed by atoms with van der Waals surface area (Å²) in [7, 11) is 0. The zero-order valence-electron chi connectivity index (χ0n) is 15.9. The highest BCUT2D eigenvalue weighted by Crippen LogP contribution is 2.12. The van der Waals surface area contributed by atoms with E-state index in [-0.39, 0.29) is 24.3 Å². The van der Waals surface area contributed by atoms with Crippen molar-refractivity contribution in [3.63, 3.8) is 0 Å². The number of imidazole rings is 1. The molecule has 9 nitrogen and oxygen atoms in total. The second-order valence-corrected chi connectivity index (χ2v) is 6.62. The van der Waals surface area contributed by atoms with Gasteiger partial charge in [-0.05, 0) is 6.42 Å². The van der Waals surface area contributed by atoms with Crippen molar-refractivity contribution in [3.8, 4) is 0 Å². The number of carboxylic acid groups (broad SMARTS) is 1. The van der Waals surface area contributed by atoms with Crippen LogP contribution in [-0.4, -0.2) is 51.5 Å². The lowest BCUT2D eigenvalue weighted by Crippen LogP contribution is -2.37. The maximum absolute atomic E-state index is 11.2. The molecule has 1 unspecified atom stereocenters. The maximum atomic E-state index is 11.2. The molecule has 1 saturated carbocycles. The molecule has 27 heavy (non-hydrogen) atoms. The van der Waals surface area contributed by atoms with E-state index in [9.17, 15) is 14.4 Å². The van der Waals surface area contributed by atoms with Crippen LogP contribution in [0.1, 0.15) is 57.6 Å². The molecule has 0 aromatic carbocycles. The summed E-state index contributed by atoms with van der Waals surface area (Å²) in [6.07, 6.45) is 11.1. The highest BCUT2D eigenvalue weighted by Gasteiger charge is 2.35. The van der Waals surface area contributed by atoms with Crippen LogP contribution in [-0.2, 0) is 16.0 Å². The van der Waals surface area contributed by atoms with Gasteiger partial charge in [0, 0.05) is 31.3 Å². The molecule has 1 fully saturated rings. The van der Waals surface area contributed by atoms with E-state index in [4.69, 9.17) is 10.8 Å². The summed E-state index contributed by atoms with van der Waals surface area (Å²) < 4.78 is 0. The van der Waals surface area contributed by atoms with Gasteiger partial charge in [0.1, 0.15) is 6.04 Å². The fourth-order valence-corrected chi connectivity index (χ4v) is 2.31. The van der Waals surface area contributed by atoms with E-state index in [2.05, 4.69) is 27.5 Å². The predicted molar refractivity (Wildman–Crippen MR) is 101 cm³/mol. The Morgan fingerprint density at radius 1 is 1.33 bits per heavy atom. The van der Waals surface area contributed by atoms with Crippen LogP contribution in [0.5, 0.6) is 0 Å². The summed E-state index contributed by atoms with van der Waals surface area (Å²) in [6, 6.07) is -1.26. The van der Waals surface area contributed by atoms with Crippen molar-refractivity contribution in [1.29, 1.82) is 0 Å². The molecule has 152 valence electrons. The fourth-order valence-electron chi connectivity index (χ4n) is 2.31. The number of Topliss-reactive ketones (excluding diaryl/α,β-unsaturated/α-hetero) is 1. The molecule has 0 radical (unpaired) electrons. The number of ketones is 1. The van der Waals surface area contributed by atoms with Crippen LogP contribution >= 0.6 is 0 Å². The van der Waals surface area contributed by atoms with E-state index in [1.165, 1.54) is 38.4 Å². The molecule has 2 atom stereocenters. The van der Waals surface area contributed by atoms with Gasteiger partial charge in [0.2, 0.25) is 0 Å². The number of nitrogens with one attached hydrogen (secondary N) is 3. The molecule has 2 amide bonds. The van der Waals surface area contributed by atoms with E-state index < -0.39 is 12.0 Å². The third-order valence-corrected chi connectivity index (χ3v) is 4.07. The number of hydrogen-bond acceptors (Lipinski definition) is 5. The first-order valence-corrected chi connectivity index (χ1v) is 9.46. The summed E-state index contributed by atoms with van der Waals surface area (Å²) in [5.41, 5.74) is 6.00. The Morgan fingerprint density at radius 2 is 2.00 bits per heavy atom. The van der Waals surface area contributed by atoms with E-state index in [0.717, 1.165) is 12.1 Å². The average Bonchev–Trinajstić information content (AvgIpc) is 3.09. The number of urea groups is 1. The van der Waals surface area contributed by atoms with E-state index >= 15 is 0 Å². The lowest BCUT2D eigenvalue weighted by Gasteiger charge is -2.05. The molecule has 1 aliphatic rings. The van der Waals surface area contributed by atoms with Crippen molar-refractivity contribution in [2.45, 2.75) is 70.4 Å². The molecule has 0 aliphatic heterocycles. The summed E-state index contributed by atoms with van der Waals surface area (Å²) in [5.74, 6) is -0.866. The van der Waals surface area contributed by atoms with Crippen molar-refractivity contribution in [1.82, 2.24) is 20.6 Å². The van der Waals surface area contributed by atoms with Crippen molar-refractivity contribution in [2.24, 2.45) is 5.73 Å². The van der Waals surface area contributed by atoms with Gasteiger partial charge in [-0.2, -0.15) is 0 Å². The topological polar surface area (TPSA) is 150 Å². The number of hydrogen-bond donors (Lipinski definition) is 5. The Labute approximate surface area is 159 Å². The van der Waals surface area contributed by atoms with Gasteiger partial charge < -0.3 is 26.5 Å². The molecule has 0 bridgehead atoms. The first kappa shape index (κ1) is 22.6. The van der Waals surface area contributed by atoms with Crippen LogP contribution in [0.3, 0.4) is 0 Å². The van der Waals surface area contributed by atoms with Crippen molar-refractivity contribution in [2.75, 3.05) is 6.54 Å². The number of carboxylic acids is 1. The van der Waals surface area contributed by atoms with Gasteiger partial charge >= 0.3 is 12.0 Å². The highest BCUT2D eigenvalue weighted by molar-refractivity contribution is 6.02. The smallest absolute Gasteiger partial charge is 0.320 e. The summed E-state index contributed by atoms with van der Waals surface area (Å²) in [5, 5.41) is 13.8. The third-order valence-electron chi connectivity index (χ3n) is 4.07. The quantitative estimate of drug-likeness (QED) is 0.365. The van der Waals surface area contributed by atoms with Crippen LogP contribution in [0, 0.1) is 0 Å². The number of aliphatic carboxylic acids is 1. The second-order valence-electron chi connectivity index (χ2n) is 6.62. The summed E-state index contributed by atoms with van der Waals surface area (Å²) in [4.78, 5) is 38.6. The van der Waals surface area contributed by atoms with Gasteiger partial charge in [-0.15, -0.1) is 0 Å². The van der Waals surface area contributed by atoms with Crippen LogP contribution < -0.4 is 16.4 Å². The van der Waals surface area contributed by atoms with E-state index in [1.54, 1.807) is 6.20 Å². The lowest BCUT2D eigenvalue weighted by molar-refractivity contribution is -0.138. The molecule has 6 N–H and O–H groups in total. The Bertz CT molecular complexity index is 576. The molecule has 0 spiro atoms. The van der Waals surface area contributed by atoms with E-state index in [0.29, 0.717) is 13.0 Å². The van der Waals surface area contributed by atoms with Crippen molar-refractivity contribution >= 4 is 17.8 Å². The molecular weight excluding hydrogens is 350 g/mol. The lowest BCUT2D eigenvalue weighted by atomic mass is 10.1. The number of carbonyl (C=O) groups is 3. The normalized spacial score (nSPS) is 16.1. The fraction of sp³-hybridized carbons (Fsp3) is 0.667. The number of H-pyrrole nitrogens is 1. The average molecular weight is 381 g/mol. The largest absolute Gasteiger partial charge is 0.480 e. The number of rotatable bonds is 11. The van der Waals surface area contributed by atoms with Crippen LogP contribution in [0.15, 0.2) is 12.5 Å². The maximum Gasteiger partial charge on any atom is 0.320 e. The van der Waals surface area contributed by atoms with Crippen molar-refractivity contribution < 1.29 is 19.5 Å². The molecule has 0 saturated heterocycles. The Morgan fingerprint density at radius 3 is 2.56 bits per heavy atom. The van der Waals surface area contributed by atoms with Gasteiger partial charge in [0.05, 0.1) is 12.4 Å². The van der Waals surface area contributed by atoms with Crippen LogP contribution in [0.25, 0.3) is 0 Å². The standard InChI is InChI=1S/C12H22N2O2.C6H9N3O2/c1-2-3-4-5-6-7-8-13-12(16)14-10-9-11(10)15;7-5(6(10)11)1-4-2-8-3-9-4/h10H,2-9H2,1H3,(H2,13,14,16);2-3,5H,1,7H2,(H,8,9)(H,10,11)/t;5-/m.0/s1. The number of unbranched alkanes of at least 4 members (excludes halogenated alkanes) is 5. The van der Waals surface area contributed by atoms with Gasteiger partial charge in [-0.1, -0.05) is 39.0 Å². The number of nitrogens with two attached hydrogens (primary N) is 1. The first-order chi connectivity index (χ1) is 12.9. The number of nitrogens with zero attached hydrogens (tertiary/aromatic N) is 1. The molecule has 1 aromatic heterocycles. The Kier molecular flexibility index (Phi) is 10.8. The summed E-state index contributed by atoms with van der Waals surface area (Å²) >= 11 is 0. The molecule has 1 aliphatic carbocycles. The Hall–Kier alpha value is -2.42. The molecule has 2 rings (SSSR count). The number of amides is 2. The minimum Gasteiger partial charge on any atom is -0.480 e. The summed E-state index contributed by atoms with van der Waals surface area (Å²) in [6.45, 7) is 2.91. The minimum atomic E-state index is -1.00. The van der Waals surface area contributed by atoms with Gasteiger partial charge in [-0.25, -0.2) is 9.78 Å². The van der Waals surface area contributed by atoms with Gasteiger partial charge in [0.15, 0.2) is 5.78 Å². The minimum absolute atomic E-state index is 0.134. The van der Waals surface area contributed by atoms with Gasteiger partial charge in [0.25, 0.3) is 0 Å². The zero-order valence-corrected chi connectivity index (χ0v) is 15.9. The SMILES string of the molecule is CCCCCCCCNC(=O)NC1CC1=O.N[C@@H](Cc1cnc[nH]1)C(=O)O. The molecule has 9 heteroatoms. The van der Waals surface area contributed by atoms with Gasteiger partial charge in [-0.3, -0.25) is 9.59 Å². The Balaban J connectivity index is 0.000000289. The second kappa shape index (κ2) is 12.9. The number of aromatic nitrogens is 2. The van der Waals surface area contributed by atoms with Crippen LogP contribution in [0.4, 0.5) is 4.79 Å². The molecular formula is C18H31N5O4. The third kappa shape index (κ3) is 11.0. The first-order valence-electron chi connectivity index (χ1n) is 9.46. The highest BCUT2D eigenvalue weighted by atomic mass is 16.4. The number of aromatic amines is 1.